The minimum atomic E-state index is -0.284. The van der Waals surface area contributed by atoms with Crippen LogP contribution in [0.5, 0.6) is 0 Å². The molecule has 0 radical (unpaired) electrons. The number of carbonyl (C=O) groups is 1. The van der Waals surface area contributed by atoms with Crippen molar-refractivity contribution in [3.8, 4) is 0 Å². The fourth-order valence-corrected chi connectivity index (χ4v) is 1.63. The van der Waals surface area contributed by atoms with Gasteiger partial charge in [0.1, 0.15) is 5.82 Å². The highest BCUT2D eigenvalue weighted by Gasteiger charge is 2.17. The van der Waals surface area contributed by atoms with Gasteiger partial charge in [-0.1, -0.05) is 12.1 Å². The Morgan fingerprint density at radius 2 is 2.23 bits per heavy atom. The van der Waals surface area contributed by atoms with Gasteiger partial charge in [-0.25, -0.2) is 4.39 Å². The van der Waals surface area contributed by atoms with Gasteiger partial charge in [-0.05, 0) is 36.6 Å². The second-order valence-corrected chi connectivity index (χ2v) is 3.18. The predicted molar refractivity (Wildman–Crippen MR) is 48.8 cm³/mol. The lowest BCUT2D eigenvalue weighted by Gasteiger charge is -2.01. The highest BCUT2D eigenvalue weighted by molar-refractivity contribution is 6.20. The summed E-state index contributed by atoms with van der Waals surface area (Å²) in [6, 6.07) is 4.59. The van der Waals surface area contributed by atoms with Gasteiger partial charge in [0.15, 0.2) is 5.78 Å². The van der Waals surface area contributed by atoms with Crippen LogP contribution < -0.4 is 0 Å². The molecule has 1 aromatic carbocycles. The van der Waals surface area contributed by atoms with Crippen LogP contribution >= 0.6 is 0 Å². The van der Waals surface area contributed by atoms with Crippen molar-refractivity contribution in [1.82, 2.24) is 0 Å². The van der Waals surface area contributed by atoms with E-state index in [1.54, 1.807) is 6.07 Å². The van der Waals surface area contributed by atoms with E-state index in [4.69, 9.17) is 0 Å². The minimum absolute atomic E-state index is 0.00403. The molecule has 0 amide bonds. The number of hydrogen-bond acceptors (Lipinski definition) is 1. The summed E-state index contributed by atoms with van der Waals surface area (Å²) in [6.45, 7) is 1.51. The molecular weight excluding hydrogens is 167 g/mol. The van der Waals surface area contributed by atoms with Gasteiger partial charge in [-0.15, -0.1) is 0 Å². The first-order valence-corrected chi connectivity index (χ1v) is 4.18. The molecule has 0 N–H and O–H groups in total. The molecule has 1 nitrogen and oxygen atoms in total. The van der Waals surface area contributed by atoms with Crippen molar-refractivity contribution < 1.29 is 9.18 Å². The summed E-state index contributed by atoms with van der Waals surface area (Å²) in [5.41, 5.74) is 2.44. The SMILES string of the molecule is CC(=O)C1=CCc2ccc(F)cc21. The maximum atomic E-state index is 12.9. The van der Waals surface area contributed by atoms with Gasteiger partial charge >= 0.3 is 0 Å². The summed E-state index contributed by atoms with van der Waals surface area (Å²) in [5, 5.41) is 0. The van der Waals surface area contributed by atoms with E-state index in [0.29, 0.717) is 5.57 Å². The molecule has 0 saturated heterocycles. The number of rotatable bonds is 1. The maximum absolute atomic E-state index is 12.9. The number of carbonyl (C=O) groups excluding carboxylic acids is 1. The third-order valence-electron chi connectivity index (χ3n) is 2.27. The monoisotopic (exact) mass is 176 g/mol. The van der Waals surface area contributed by atoms with Crippen LogP contribution in [0.2, 0.25) is 0 Å². The third kappa shape index (κ3) is 1.28. The van der Waals surface area contributed by atoms with E-state index in [1.807, 2.05) is 6.08 Å². The van der Waals surface area contributed by atoms with Crippen LogP contribution in [0.3, 0.4) is 0 Å². The van der Waals surface area contributed by atoms with Crippen LogP contribution in [0.25, 0.3) is 5.57 Å². The van der Waals surface area contributed by atoms with E-state index in [2.05, 4.69) is 0 Å². The predicted octanol–water partition coefficient (Wildman–Crippen LogP) is 2.35. The fourth-order valence-electron chi connectivity index (χ4n) is 1.63. The molecule has 0 fully saturated rings. The van der Waals surface area contributed by atoms with Gasteiger partial charge in [0, 0.05) is 5.57 Å². The van der Waals surface area contributed by atoms with Crippen molar-refractivity contribution in [2.45, 2.75) is 13.3 Å². The first-order valence-electron chi connectivity index (χ1n) is 4.18. The highest BCUT2D eigenvalue weighted by atomic mass is 19.1. The first kappa shape index (κ1) is 8.17. The molecule has 13 heavy (non-hydrogen) atoms. The van der Waals surface area contributed by atoms with E-state index in [1.165, 1.54) is 19.1 Å². The zero-order valence-electron chi connectivity index (χ0n) is 7.30. The molecule has 0 bridgehead atoms. The Labute approximate surface area is 75.9 Å². The Balaban J connectivity index is 2.54. The topological polar surface area (TPSA) is 17.1 Å². The fraction of sp³-hybridized carbons (Fsp3) is 0.182. The lowest BCUT2D eigenvalue weighted by atomic mass is 10.0. The number of fused-ring (bicyclic) bond motifs is 1. The standard InChI is InChI=1S/C11H9FO/c1-7(13)10-5-3-8-2-4-9(12)6-11(8)10/h2,4-6H,3H2,1H3. The number of halogens is 1. The van der Waals surface area contributed by atoms with Gasteiger partial charge in [-0.2, -0.15) is 0 Å². The summed E-state index contributed by atoms with van der Waals surface area (Å²) in [6.07, 6.45) is 2.59. The van der Waals surface area contributed by atoms with E-state index in [0.717, 1.165) is 17.5 Å². The average Bonchev–Trinajstić information content (AvgIpc) is 2.46. The number of benzene rings is 1. The van der Waals surface area contributed by atoms with Crippen LogP contribution in [0.4, 0.5) is 4.39 Å². The molecule has 1 aromatic rings. The first-order chi connectivity index (χ1) is 6.18. The summed E-state index contributed by atoms with van der Waals surface area (Å²) < 4.78 is 12.9. The molecule has 0 aromatic heterocycles. The molecular formula is C11H9FO. The van der Waals surface area contributed by atoms with Crippen LogP contribution in [-0.4, -0.2) is 5.78 Å². The van der Waals surface area contributed by atoms with E-state index < -0.39 is 0 Å². The molecule has 0 atom stereocenters. The quantitative estimate of drug-likeness (QED) is 0.642. The molecule has 0 unspecified atom stereocenters. The van der Waals surface area contributed by atoms with Crippen molar-refractivity contribution in [1.29, 1.82) is 0 Å². The molecule has 2 heteroatoms. The van der Waals surface area contributed by atoms with E-state index in [9.17, 15) is 9.18 Å². The smallest absolute Gasteiger partial charge is 0.160 e. The van der Waals surface area contributed by atoms with Crippen molar-refractivity contribution >= 4 is 11.4 Å². The molecule has 1 aliphatic rings. The second-order valence-electron chi connectivity index (χ2n) is 3.18. The van der Waals surface area contributed by atoms with Gasteiger partial charge < -0.3 is 0 Å². The Hall–Kier alpha value is -1.44. The molecule has 2 rings (SSSR count). The Bertz CT molecular complexity index is 405. The van der Waals surface area contributed by atoms with Gasteiger partial charge in [0.05, 0.1) is 0 Å². The maximum Gasteiger partial charge on any atom is 0.160 e. The molecule has 0 saturated carbocycles. The van der Waals surface area contributed by atoms with Crippen LogP contribution in [0.1, 0.15) is 18.1 Å². The molecule has 66 valence electrons. The molecule has 1 aliphatic carbocycles. The number of hydrogen-bond donors (Lipinski definition) is 0. The largest absolute Gasteiger partial charge is 0.295 e. The van der Waals surface area contributed by atoms with Crippen LogP contribution in [0, 0.1) is 5.82 Å². The van der Waals surface area contributed by atoms with Crippen LogP contribution in [0.15, 0.2) is 24.3 Å². The summed E-state index contributed by atoms with van der Waals surface area (Å²) in [7, 11) is 0. The summed E-state index contributed by atoms with van der Waals surface area (Å²) in [5.74, 6) is -0.280. The van der Waals surface area contributed by atoms with Crippen molar-refractivity contribution in [3.05, 3.63) is 41.2 Å². The van der Waals surface area contributed by atoms with Crippen molar-refractivity contribution in [3.63, 3.8) is 0 Å². The van der Waals surface area contributed by atoms with Gasteiger partial charge in [-0.3, -0.25) is 4.79 Å². The lowest BCUT2D eigenvalue weighted by molar-refractivity contribution is -0.111. The van der Waals surface area contributed by atoms with Crippen molar-refractivity contribution in [2.75, 3.05) is 0 Å². The summed E-state index contributed by atoms with van der Waals surface area (Å²) in [4.78, 5) is 11.1. The van der Waals surface area contributed by atoms with E-state index in [-0.39, 0.29) is 11.6 Å². The third-order valence-corrected chi connectivity index (χ3v) is 2.27. The zero-order chi connectivity index (χ0) is 9.42. The zero-order valence-corrected chi connectivity index (χ0v) is 7.30. The summed E-state index contributed by atoms with van der Waals surface area (Å²) >= 11 is 0. The van der Waals surface area contributed by atoms with E-state index >= 15 is 0 Å². The van der Waals surface area contributed by atoms with Crippen molar-refractivity contribution in [2.24, 2.45) is 0 Å². The average molecular weight is 176 g/mol. The Kier molecular flexibility index (Phi) is 1.76. The van der Waals surface area contributed by atoms with Gasteiger partial charge in [0.2, 0.25) is 0 Å². The normalized spacial score (nSPS) is 13.8. The van der Waals surface area contributed by atoms with Gasteiger partial charge in [0.25, 0.3) is 0 Å². The Morgan fingerprint density at radius 1 is 1.46 bits per heavy atom. The lowest BCUT2D eigenvalue weighted by Crippen LogP contribution is -1.94. The Morgan fingerprint density at radius 3 is 2.92 bits per heavy atom. The number of allylic oxidation sites excluding steroid dienone is 2. The minimum Gasteiger partial charge on any atom is -0.295 e. The van der Waals surface area contributed by atoms with Crippen LogP contribution in [-0.2, 0) is 11.2 Å². The number of ketones is 1. The highest BCUT2D eigenvalue weighted by Crippen LogP contribution is 2.28. The number of Topliss-reactive ketones (excluding diaryl/α,β-unsaturated/α-hetero) is 1. The second kappa shape index (κ2) is 2.80. The molecule has 0 spiro atoms. The molecule has 0 aliphatic heterocycles. The molecule has 0 heterocycles.